The van der Waals surface area contributed by atoms with Crippen LogP contribution in [0.25, 0.3) is 11.1 Å². The highest BCUT2D eigenvalue weighted by Gasteiger charge is 2.46. The minimum absolute atomic E-state index is 0.0600. The van der Waals surface area contributed by atoms with Crippen molar-refractivity contribution in [1.29, 1.82) is 0 Å². The van der Waals surface area contributed by atoms with Crippen LogP contribution in [0.15, 0.2) is 71.6 Å². The predicted molar refractivity (Wildman–Crippen MR) is 150 cm³/mol. The van der Waals surface area contributed by atoms with E-state index in [1.165, 1.54) is 12.6 Å². The van der Waals surface area contributed by atoms with Crippen molar-refractivity contribution in [3.63, 3.8) is 0 Å². The number of amides is 2. The van der Waals surface area contributed by atoms with Gasteiger partial charge in [-0.1, -0.05) is 55.3 Å². The minimum Gasteiger partial charge on any atom is -0.386 e. The van der Waals surface area contributed by atoms with Crippen LogP contribution in [0.4, 0.5) is 10.5 Å². The first-order chi connectivity index (χ1) is 18.0. The Labute approximate surface area is 224 Å². The number of sulfonamides is 1. The fourth-order valence-corrected chi connectivity index (χ4v) is 6.67. The van der Waals surface area contributed by atoms with E-state index in [0.29, 0.717) is 13.1 Å². The molecule has 3 aromatic carbocycles. The number of hydrogen-bond donors (Lipinski definition) is 3. The van der Waals surface area contributed by atoms with Gasteiger partial charge in [0.05, 0.1) is 10.5 Å². The molecule has 0 atom stereocenters. The summed E-state index contributed by atoms with van der Waals surface area (Å²) in [6.45, 7) is 4.55. The highest BCUT2D eigenvalue weighted by Crippen LogP contribution is 2.51. The molecule has 1 aliphatic heterocycles. The zero-order valence-electron chi connectivity index (χ0n) is 22.1. The fourth-order valence-electron chi connectivity index (χ4n) is 5.94. The number of benzene rings is 3. The smallest absolute Gasteiger partial charge is 0.322 e. The summed E-state index contributed by atoms with van der Waals surface area (Å²) in [5, 5.41) is 13.8. The lowest BCUT2D eigenvalue weighted by Crippen LogP contribution is -2.41. The van der Waals surface area contributed by atoms with Crippen LogP contribution in [-0.4, -0.2) is 33.1 Å². The van der Waals surface area contributed by atoms with Gasteiger partial charge in [-0.3, -0.25) is 4.90 Å². The lowest BCUT2D eigenvalue weighted by Gasteiger charge is -2.25. The summed E-state index contributed by atoms with van der Waals surface area (Å²) in [7, 11) is -2.12. The monoisotopic (exact) mass is 533 g/mol. The van der Waals surface area contributed by atoms with Gasteiger partial charge in [0.1, 0.15) is 0 Å². The lowest BCUT2D eigenvalue weighted by atomic mass is 9.79. The van der Waals surface area contributed by atoms with Gasteiger partial charge in [0.2, 0.25) is 10.0 Å². The van der Waals surface area contributed by atoms with Crippen molar-refractivity contribution in [2.24, 2.45) is 0 Å². The Morgan fingerprint density at radius 1 is 1.03 bits per heavy atom. The minimum atomic E-state index is -3.50. The number of aliphatic hydroxyl groups is 1. The predicted octanol–water partition coefficient (Wildman–Crippen LogP) is 5.03. The molecule has 0 radical (unpaired) electrons. The Hall–Kier alpha value is -3.20. The number of nitrogens with one attached hydrogen (secondary N) is 2. The number of fused-ring (bicyclic) bond motifs is 2. The second-order valence-corrected chi connectivity index (χ2v) is 12.8. The molecule has 0 unspecified atom stereocenters. The first kappa shape index (κ1) is 26.4. The van der Waals surface area contributed by atoms with Gasteiger partial charge in [-0.25, -0.2) is 17.9 Å². The van der Waals surface area contributed by atoms with Gasteiger partial charge in [-0.15, -0.1) is 0 Å². The van der Waals surface area contributed by atoms with Gasteiger partial charge in [0.25, 0.3) is 0 Å². The first-order valence-electron chi connectivity index (χ1n) is 13.1. The van der Waals surface area contributed by atoms with Crippen molar-refractivity contribution in [1.82, 2.24) is 10.0 Å². The standard InChI is InChI=1S/C30H35N3O4S/c1-29(2,35)25-9-5-4-8-24(25)22-12-15-27-26(18-22)30(16-6-7-17-30)20-33(27)28(34)32-19-21-10-13-23(14-11-21)38(36,37)31-3/h4-5,8-15,18,31,35H,6-7,16-17,19-20H2,1-3H3,(H,32,34). The van der Waals surface area contributed by atoms with E-state index >= 15 is 0 Å². The summed E-state index contributed by atoms with van der Waals surface area (Å²) in [5.74, 6) is 0. The average molecular weight is 534 g/mol. The third kappa shape index (κ3) is 4.84. The second-order valence-electron chi connectivity index (χ2n) is 10.9. The molecule has 1 aliphatic carbocycles. The highest BCUT2D eigenvalue weighted by atomic mass is 32.2. The molecule has 1 heterocycles. The van der Waals surface area contributed by atoms with Gasteiger partial charge in [0.15, 0.2) is 0 Å². The third-order valence-corrected chi connectivity index (χ3v) is 9.40. The zero-order valence-corrected chi connectivity index (χ0v) is 22.9. The van der Waals surface area contributed by atoms with Crippen LogP contribution in [0.3, 0.4) is 0 Å². The molecule has 2 aliphatic rings. The Balaban J connectivity index is 1.41. The molecule has 3 N–H and O–H groups in total. The third-order valence-electron chi connectivity index (χ3n) is 7.97. The van der Waals surface area contributed by atoms with E-state index in [-0.39, 0.29) is 16.3 Å². The Kier molecular flexibility index (Phi) is 6.84. The summed E-state index contributed by atoms with van der Waals surface area (Å²) in [4.78, 5) is 15.5. The number of nitrogens with zero attached hydrogens (tertiary/aromatic N) is 1. The summed E-state index contributed by atoms with van der Waals surface area (Å²) in [6.07, 6.45) is 4.37. The number of hydrogen-bond acceptors (Lipinski definition) is 4. The fraction of sp³-hybridized carbons (Fsp3) is 0.367. The van der Waals surface area contributed by atoms with Crippen LogP contribution in [0.5, 0.6) is 0 Å². The van der Waals surface area contributed by atoms with Gasteiger partial charge in [-0.2, -0.15) is 0 Å². The Bertz CT molecular complexity index is 1450. The molecule has 1 spiro atoms. The van der Waals surface area contributed by atoms with Crippen LogP contribution in [-0.2, 0) is 27.6 Å². The Morgan fingerprint density at radius 3 is 2.37 bits per heavy atom. The SMILES string of the molecule is CNS(=O)(=O)c1ccc(CNC(=O)N2CC3(CCCC3)c3cc(-c4ccccc4C(C)(C)O)ccc32)cc1. The van der Waals surface area contributed by atoms with E-state index in [4.69, 9.17) is 0 Å². The van der Waals surface area contributed by atoms with Crippen molar-refractivity contribution < 1.29 is 18.3 Å². The highest BCUT2D eigenvalue weighted by molar-refractivity contribution is 7.89. The quantitative estimate of drug-likeness (QED) is 0.414. The number of anilines is 1. The molecule has 1 fully saturated rings. The molecule has 3 aromatic rings. The number of rotatable bonds is 6. The largest absolute Gasteiger partial charge is 0.386 e. The maximum atomic E-state index is 13.4. The molecule has 0 aromatic heterocycles. The summed E-state index contributed by atoms with van der Waals surface area (Å²) in [5.41, 5.74) is 4.86. The molecule has 8 heteroatoms. The first-order valence-corrected chi connectivity index (χ1v) is 14.6. The van der Waals surface area contributed by atoms with E-state index in [1.807, 2.05) is 41.3 Å². The second kappa shape index (κ2) is 9.84. The van der Waals surface area contributed by atoms with E-state index < -0.39 is 15.6 Å². The van der Waals surface area contributed by atoms with Crippen LogP contribution < -0.4 is 14.9 Å². The number of carbonyl (C=O) groups excluding carboxylic acids is 1. The van der Waals surface area contributed by atoms with Crippen LogP contribution in [0.1, 0.15) is 56.2 Å². The van der Waals surface area contributed by atoms with Crippen molar-refractivity contribution in [2.45, 2.75) is 62.0 Å². The number of carbonyl (C=O) groups is 1. The zero-order chi connectivity index (χ0) is 27.1. The van der Waals surface area contributed by atoms with Crippen LogP contribution >= 0.6 is 0 Å². The maximum Gasteiger partial charge on any atom is 0.322 e. The molecule has 200 valence electrons. The van der Waals surface area contributed by atoms with Gasteiger partial charge in [-0.05, 0) is 85.8 Å². The molecule has 5 rings (SSSR count). The maximum absolute atomic E-state index is 13.4. The van der Waals surface area contributed by atoms with Crippen molar-refractivity contribution >= 4 is 21.7 Å². The van der Waals surface area contributed by atoms with E-state index in [0.717, 1.165) is 53.6 Å². The van der Waals surface area contributed by atoms with Crippen molar-refractivity contribution in [3.05, 3.63) is 83.4 Å². The molecule has 2 amide bonds. The molecule has 1 saturated carbocycles. The van der Waals surface area contributed by atoms with Gasteiger partial charge >= 0.3 is 6.03 Å². The van der Waals surface area contributed by atoms with Crippen LogP contribution in [0, 0.1) is 0 Å². The lowest BCUT2D eigenvalue weighted by molar-refractivity contribution is 0.0792. The normalized spacial score (nSPS) is 16.6. The van der Waals surface area contributed by atoms with Crippen LogP contribution in [0.2, 0.25) is 0 Å². The van der Waals surface area contributed by atoms with E-state index in [9.17, 15) is 18.3 Å². The summed E-state index contributed by atoms with van der Waals surface area (Å²) in [6, 6.07) is 20.6. The molecule has 0 bridgehead atoms. The Morgan fingerprint density at radius 2 is 1.71 bits per heavy atom. The van der Waals surface area contributed by atoms with Gasteiger partial charge < -0.3 is 10.4 Å². The molecule has 7 nitrogen and oxygen atoms in total. The average Bonchev–Trinajstić information content (AvgIpc) is 3.52. The molecular formula is C30H35N3O4S. The van der Waals surface area contributed by atoms with E-state index in [2.05, 4.69) is 16.1 Å². The summed E-state index contributed by atoms with van der Waals surface area (Å²) < 4.78 is 26.3. The topological polar surface area (TPSA) is 98.7 Å². The molecular weight excluding hydrogens is 498 g/mol. The number of urea groups is 1. The van der Waals surface area contributed by atoms with Crippen molar-refractivity contribution in [3.8, 4) is 11.1 Å². The molecule has 0 saturated heterocycles. The van der Waals surface area contributed by atoms with Crippen molar-refractivity contribution in [2.75, 3.05) is 18.5 Å². The van der Waals surface area contributed by atoms with Gasteiger partial charge in [0, 0.05) is 24.2 Å². The van der Waals surface area contributed by atoms with E-state index in [1.54, 1.807) is 38.1 Å². The molecule has 38 heavy (non-hydrogen) atoms. The summed E-state index contributed by atoms with van der Waals surface area (Å²) >= 11 is 0.